The van der Waals surface area contributed by atoms with E-state index in [1.54, 1.807) is 12.1 Å². The smallest absolute Gasteiger partial charge is 0.230 e. The van der Waals surface area contributed by atoms with Crippen LogP contribution in [-0.2, 0) is 10.2 Å². The lowest BCUT2D eigenvalue weighted by Crippen LogP contribution is -2.42. The number of carbonyl (C=O) groups is 1. The molecule has 4 heteroatoms. The van der Waals surface area contributed by atoms with Gasteiger partial charge < -0.3 is 16.8 Å². The summed E-state index contributed by atoms with van der Waals surface area (Å²) in [5, 5.41) is 2.79. The van der Waals surface area contributed by atoms with E-state index in [0.717, 1.165) is 5.56 Å². The summed E-state index contributed by atoms with van der Waals surface area (Å²) < 4.78 is 0. The first-order chi connectivity index (χ1) is 7.48. The number of hydrogen-bond donors (Lipinski definition) is 3. The molecule has 0 bridgehead atoms. The van der Waals surface area contributed by atoms with Crippen LogP contribution < -0.4 is 16.8 Å². The van der Waals surface area contributed by atoms with Crippen LogP contribution in [0.5, 0.6) is 0 Å². The monoisotopic (exact) mass is 221 g/mol. The van der Waals surface area contributed by atoms with E-state index in [9.17, 15) is 4.79 Å². The highest BCUT2D eigenvalue weighted by Gasteiger charge is 2.29. The molecule has 0 aromatic heterocycles. The summed E-state index contributed by atoms with van der Waals surface area (Å²) in [6.07, 6.45) is 0. The van der Waals surface area contributed by atoms with Gasteiger partial charge in [-0.2, -0.15) is 0 Å². The first-order valence-corrected chi connectivity index (χ1v) is 5.33. The Morgan fingerprint density at radius 2 is 1.88 bits per heavy atom. The third kappa shape index (κ3) is 2.73. The van der Waals surface area contributed by atoms with Gasteiger partial charge in [-0.25, -0.2) is 0 Å². The molecule has 0 unspecified atom stereocenters. The fourth-order valence-electron chi connectivity index (χ4n) is 1.44. The van der Waals surface area contributed by atoms with Gasteiger partial charge in [-0.15, -0.1) is 0 Å². The Balaban J connectivity index is 2.83. The molecule has 0 saturated carbocycles. The summed E-state index contributed by atoms with van der Waals surface area (Å²) in [4.78, 5) is 11.9. The summed E-state index contributed by atoms with van der Waals surface area (Å²) in [5.74, 6) is -0.0253. The van der Waals surface area contributed by atoms with Crippen LogP contribution >= 0.6 is 0 Å². The molecule has 5 N–H and O–H groups in total. The van der Waals surface area contributed by atoms with E-state index in [1.807, 2.05) is 26.0 Å². The van der Waals surface area contributed by atoms with Crippen molar-refractivity contribution in [2.45, 2.75) is 19.3 Å². The van der Waals surface area contributed by atoms with Gasteiger partial charge in [0, 0.05) is 18.8 Å². The Labute approximate surface area is 96.0 Å². The van der Waals surface area contributed by atoms with Crippen LogP contribution in [0.4, 0.5) is 5.69 Å². The Kier molecular flexibility index (Phi) is 3.90. The van der Waals surface area contributed by atoms with E-state index in [0.29, 0.717) is 18.8 Å². The molecule has 0 spiro atoms. The number of benzene rings is 1. The number of hydrogen-bond acceptors (Lipinski definition) is 3. The zero-order valence-corrected chi connectivity index (χ0v) is 9.79. The Morgan fingerprint density at radius 3 is 2.38 bits per heavy atom. The number of amides is 1. The molecule has 0 saturated heterocycles. The number of nitrogen functional groups attached to an aromatic ring is 1. The molecule has 0 fully saturated rings. The Bertz CT molecular complexity index is 357. The molecule has 1 rings (SSSR count). The molecule has 0 atom stereocenters. The van der Waals surface area contributed by atoms with Gasteiger partial charge in [0.05, 0.1) is 5.41 Å². The molecule has 4 nitrogen and oxygen atoms in total. The van der Waals surface area contributed by atoms with Crippen molar-refractivity contribution in [3.05, 3.63) is 29.8 Å². The molecule has 0 aliphatic rings. The highest BCUT2D eigenvalue weighted by molar-refractivity contribution is 5.87. The van der Waals surface area contributed by atoms with Gasteiger partial charge in [0.1, 0.15) is 0 Å². The molecule has 0 aliphatic carbocycles. The average Bonchev–Trinajstić information content (AvgIpc) is 2.26. The molecule has 1 aromatic carbocycles. The Hall–Kier alpha value is -1.55. The van der Waals surface area contributed by atoms with E-state index in [1.165, 1.54) is 0 Å². The summed E-state index contributed by atoms with van der Waals surface area (Å²) in [6.45, 7) is 4.70. The minimum Gasteiger partial charge on any atom is -0.399 e. The highest BCUT2D eigenvalue weighted by atomic mass is 16.2. The standard InChI is InChI=1S/C12H19N3O/c1-12(2,11(16)15-8-7-13)9-3-5-10(14)6-4-9/h3-6H,7-8,13-14H2,1-2H3,(H,15,16). The number of rotatable bonds is 4. The molecular weight excluding hydrogens is 202 g/mol. The van der Waals surface area contributed by atoms with Crippen LogP contribution in [0.15, 0.2) is 24.3 Å². The van der Waals surface area contributed by atoms with Crippen LogP contribution in [0.25, 0.3) is 0 Å². The lowest BCUT2D eigenvalue weighted by Gasteiger charge is -2.24. The van der Waals surface area contributed by atoms with Crippen LogP contribution in [0.1, 0.15) is 19.4 Å². The molecule has 0 heterocycles. The van der Waals surface area contributed by atoms with Crippen molar-refractivity contribution < 1.29 is 4.79 Å². The molecule has 16 heavy (non-hydrogen) atoms. The summed E-state index contributed by atoms with van der Waals surface area (Å²) in [5.41, 5.74) is 12.0. The molecule has 1 aromatic rings. The van der Waals surface area contributed by atoms with Crippen LogP contribution in [0.2, 0.25) is 0 Å². The molecule has 0 aliphatic heterocycles. The predicted molar refractivity (Wildman–Crippen MR) is 65.9 cm³/mol. The molecule has 1 amide bonds. The largest absolute Gasteiger partial charge is 0.399 e. The van der Waals surface area contributed by atoms with Crippen LogP contribution in [-0.4, -0.2) is 19.0 Å². The quantitative estimate of drug-likeness (QED) is 0.652. The van der Waals surface area contributed by atoms with Gasteiger partial charge in [0.15, 0.2) is 0 Å². The first kappa shape index (κ1) is 12.5. The maximum atomic E-state index is 11.9. The topological polar surface area (TPSA) is 81.1 Å². The zero-order chi connectivity index (χ0) is 12.2. The summed E-state index contributed by atoms with van der Waals surface area (Å²) >= 11 is 0. The van der Waals surface area contributed by atoms with E-state index < -0.39 is 5.41 Å². The molecule has 88 valence electrons. The average molecular weight is 221 g/mol. The highest BCUT2D eigenvalue weighted by Crippen LogP contribution is 2.24. The second-order valence-electron chi connectivity index (χ2n) is 4.29. The SMILES string of the molecule is CC(C)(C(=O)NCCN)c1ccc(N)cc1. The van der Waals surface area contributed by atoms with Crippen LogP contribution in [0.3, 0.4) is 0 Å². The lowest BCUT2D eigenvalue weighted by atomic mass is 9.83. The second kappa shape index (κ2) is 4.99. The third-order valence-corrected chi connectivity index (χ3v) is 2.63. The molecular formula is C12H19N3O. The van der Waals surface area contributed by atoms with Gasteiger partial charge in [-0.05, 0) is 31.5 Å². The van der Waals surface area contributed by atoms with E-state index >= 15 is 0 Å². The van der Waals surface area contributed by atoms with Crippen molar-refractivity contribution >= 4 is 11.6 Å². The number of nitrogens with two attached hydrogens (primary N) is 2. The predicted octanol–water partition coefficient (Wildman–Crippen LogP) is 0.621. The van der Waals surface area contributed by atoms with E-state index in [-0.39, 0.29) is 5.91 Å². The molecule has 0 radical (unpaired) electrons. The number of nitrogens with one attached hydrogen (secondary N) is 1. The van der Waals surface area contributed by atoms with E-state index in [4.69, 9.17) is 11.5 Å². The van der Waals surface area contributed by atoms with Gasteiger partial charge in [-0.3, -0.25) is 4.79 Å². The minimum atomic E-state index is -0.567. The van der Waals surface area contributed by atoms with Crippen molar-refractivity contribution in [1.82, 2.24) is 5.32 Å². The van der Waals surface area contributed by atoms with E-state index in [2.05, 4.69) is 5.32 Å². The van der Waals surface area contributed by atoms with Gasteiger partial charge in [0.2, 0.25) is 5.91 Å². The summed E-state index contributed by atoms with van der Waals surface area (Å²) in [6, 6.07) is 7.34. The zero-order valence-electron chi connectivity index (χ0n) is 9.79. The van der Waals surface area contributed by atoms with Crippen molar-refractivity contribution in [1.29, 1.82) is 0 Å². The maximum Gasteiger partial charge on any atom is 0.230 e. The van der Waals surface area contributed by atoms with Crippen molar-refractivity contribution in [3.8, 4) is 0 Å². The normalized spacial score (nSPS) is 11.2. The fourth-order valence-corrected chi connectivity index (χ4v) is 1.44. The third-order valence-electron chi connectivity index (χ3n) is 2.63. The van der Waals surface area contributed by atoms with Crippen molar-refractivity contribution in [2.75, 3.05) is 18.8 Å². The maximum absolute atomic E-state index is 11.9. The first-order valence-electron chi connectivity index (χ1n) is 5.33. The minimum absolute atomic E-state index is 0.0253. The lowest BCUT2D eigenvalue weighted by molar-refractivity contribution is -0.125. The van der Waals surface area contributed by atoms with Gasteiger partial charge in [0.25, 0.3) is 0 Å². The second-order valence-corrected chi connectivity index (χ2v) is 4.29. The van der Waals surface area contributed by atoms with Crippen LogP contribution in [0, 0.1) is 0 Å². The van der Waals surface area contributed by atoms with Crippen molar-refractivity contribution in [3.63, 3.8) is 0 Å². The van der Waals surface area contributed by atoms with Gasteiger partial charge >= 0.3 is 0 Å². The van der Waals surface area contributed by atoms with Crippen molar-refractivity contribution in [2.24, 2.45) is 5.73 Å². The van der Waals surface area contributed by atoms with Gasteiger partial charge in [-0.1, -0.05) is 12.1 Å². The summed E-state index contributed by atoms with van der Waals surface area (Å²) in [7, 11) is 0. The number of carbonyl (C=O) groups excluding carboxylic acids is 1. The number of anilines is 1. The fraction of sp³-hybridized carbons (Fsp3) is 0.417. The Morgan fingerprint density at radius 1 is 1.31 bits per heavy atom.